The number of piperidine rings is 1. The molecule has 2 fully saturated rings. The molecule has 1 aromatic heterocycles. The van der Waals surface area contributed by atoms with Crippen LogP contribution < -0.4 is 4.90 Å². The lowest BCUT2D eigenvalue weighted by atomic mass is 9.84. The predicted molar refractivity (Wildman–Crippen MR) is 106 cm³/mol. The van der Waals surface area contributed by atoms with Crippen molar-refractivity contribution < 1.29 is 9.90 Å². The summed E-state index contributed by atoms with van der Waals surface area (Å²) in [5, 5.41) is 11.1. The Hall–Kier alpha value is -2.47. The Labute approximate surface area is 165 Å². The summed E-state index contributed by atoms with van der Waals surface area (Å²) in [5.74, 6) is 1.52. The molecule has 28 heavy (non-hydrogen) atoms. The third-order valence-corrected chi connectivity index (χ3v) is 6.42. The minimum Gasteiger partial charge on any atom is -0.385 e. The van der Waals surface area contributed by atoms with Crippen LogP contribution in [-0.4, -0.2) is 45.5 Å². The maximum absolute atomic E-state index is 12.4. The maximum Gasteiger partial charge on any atom is 0.226 e. The van der Waals surface area contributed by atoms with Gasteiger partial charge in [-0.15, -0.1) is 0 Å². The van der Waals surface area contributed by atoms with Gasteiger partial charge in [-0.3, -0.25) is 4.79 Å². The molecule has 2 aromatic rings. The third-order valence-electron chi connectivity index (χ3n) is 6.42. The van der Waals surface area contributed by atoms with Gasteiger partial charge in [0.2, 0.25) is 5.91 Å². The Bertz CT molecular complexity index is 873. The summed E-state index contributed by atoms with van der Waals surface area (Å²) >= 11 is 0. The molecular weight excluding hydrogens is 352 g/mol. The molecule has 0 atom stereocenters. The number of hydrogen-bond donors (Lipinski definition) is 1. The summed E-state index contributed by atoms with van der Waals surface area (Å²) in [6.07, 6.45) is 5.87. The molecule has 1 amide bonds. The van der Waals surface area contributed by atoms with E-state index in [1.54, 1.807) is 6.33 Å². The van der Waals surface area contributed by atoms with E-state index >= 15 is 0 Å². The van der Waals surface area contributed by atoms with Crippen molar-refractivity contribution in [2.24, 2.45) is 5.92 Å². The van der Waals surface area contributed by atoms with Crippen LogP contribution in [0.5, 0.6) is 0 Å². The maximum atomic E-state index is 12.4. The second-order valence-corrected chi connectivity index (χ2v) is 8.29. The number of carbonyl (C=O) groups is 1. The molecule has 1 N–H and O–H groups in total. The molecule has 5 rings (SSSR count). The first kappa shape index (κ1) is 17.6. The molecule has 6 heteroatoms. The SMILES string of the molecule is O=C(C1CC1)N1CCc2c(ncnc2N2CCC(O)(c3ccccc3)CC2)C1. The van der Waals surface area contributed by atoms with Gasteiger partial charge in [-0.1, -0.05) is 30.3 Å². The number of benzene rings is 1. The number of fused-ring (bicyclic) bond motifs is 1. The van der Waals surface area contributed by atoms with E-state index in [1.165, 1.54) is 5.56 Å². The molecular formula is C22H26N4O2. The first-order valence-corrected chi connectivity index (χ1v) is 10.3. The van der Waals surface area contributed by atoms with Crippen LogP contribution in [0.3, 0.4) is 0 Å². The van der Waals surface area contributed by atoms with Crippen LogP contribution in [0.4, 0.5) is 5.82 Å². The molecule has 0 bridgehead atoms. The van der Waals surface area contributed by atoms with Gasteiger partial charge >= 0.3 is 0 Å². The zero-order valence-corrected chi connectivity index (χ0v) is 16.0. The molecule has 0 unspecified atom stereocenters. The molecule has 0 radical (unpaired) electrons. The van der Waals surface area contributed by atoms with Gasteiger partial charge in [0, 0.05) is 31.1 Å². The van der Waals surface area contributed by atoms with Gasteiger partial charge in [0.15, 0.2) is 0 Å². The Balaban J connectivity index is 1.32. The Kier molecular flexibility index (Phi) is 4.31. The monoisotopic (exact) mass is 378 g/mol. The van der Waals surface area contributed by atoms with Gasteiger partial charge in [0.05, 0.1) is 17.8 Å². The number of nitrogens with zero attached hydrogens (tertiary/aromatic N) is 4. The Morgan fingerprint density at radius 3 is 2.54 bits per heavy atom. The lowest BCUT2D eigenvalue weighted by Crippen LogP contribution is -2.44. The highest BCUT2D eigenvalue weighted by molar-refractivity contribution is 5.81. The Morgan fingerprint density at radius 2 is 1.82 bits per heavy atom. The largest absolute Gasteiger partial charge is 0.385 e. The highest BCUT2D eigenvalue weighted by Crippen LogP contribution is 2.37. The first-order chi connectivity index (χ1) is 13.6. The molecule has 3 aliphatic rings. The van der Waals surface area contributed by atoms with E-state index in [9.17, 15) is 9.90 Å². The summed E-state index contributed by atoms with van der Waals surface area (Å²) in [6.45, 7) is 2.88. The number of aromatic nitrogens is 2. The summed E-state index contributed by atoms with van der Waals surface area (Å²) in [7, 11) is 0. The standard InChI is InChI=1S/C22H26N4O2/c27-21(16-6-7-16)26-11-8-18-19(14-26)23-15-24-20(18)25-12-9-22(28,10-13-25)17-4-2-1-3-5-17/h1-5,15-16,28H,6-14H2. The lowest BCUT2D eigenvalue weighted by molar-refractivity contribution is -0.133. The number of anilines is 1. The van der Waals surface area contributed by atoms with Gasteiger partial charge in [0.1, 0.15) is 12.1 Å². The highest BCUT2D eigenvalue weighted by atomic mass is 16.3. The molecule has 1 saturated heterocycles. The van der Waals surface area contributed by atoms with Crippen LogP contribution in [-0.2, 0) is 23.4 Å². The Morgan fingerprint density at radius 1 is 1.07 bits per heavy atom. The van der Waals surface area contributed by atoms with Crippen LogP contribution in [0.15, 0.2) is 36.7 Å². The number of carbonyl (C=O) groups excluding carboxylic acids is 1. The van der Waals surface area contributed by atoms with Crippen molar-refractivity contribution in [2.45, 2.75) is 44.2 Å². The number of aliphatic hydroxyl groups is 1. The summed E-state index contributed by atoms with van der Waals surface area (Å²) < 4.78 is 0. The molecule has 146 valence electrons. The van der Waals surface area contributed by atoms with Crippen molar-refractivity contribution in [2.75, 3.05) is 24.5 Å². The van der Waals surface area contributed by atoms with Crippen molar-refractivity contribution in [1.82, 2.24) is 14.9 Å². The molecule has 6 nitrogen and oxygen atoms in total. The predicted octanol–water partition coefficient (Wildman–Crippen LogP) is 2.26. The van der Waals surface area contributed by atoms with E-state index in [1.807, 2.05) is 35.2 Å². The number of hydrogen-bond acceptors (Lipinski definition) is 5. The molecule has 0 spiro atoms. The minimum absolute atomic E-state index is 0.251. The van der Waals surface area contributed by atoms with E-state index in [4.69, 9.17) is 0 Å². The average Bonchev–Trinajstić information content (AvgIpc) is 3.59. The van der Waals surface area contributed by atoms with Crippen molar-refractivity contribution in [3.05, 3.63) is 53.5 Å². The molecule has 1 aliphatic carbocycles. The summed E-state index contributed by atoms with van der Waals surface area (Å²) in [4.78, 5) is 25.7. The van der Waals surface area contributed by atoms with E-state index in [-0.39, 0.29) is 11.8 Å². The van der Waals surface area contributed by atoms with Gasteiger partial charge in [-0.05, 0) is 37.7 Å². The second-order valence-electron chi connectivity index (χ2n) is 8.29. The average molecular weight is 378 g/mol. The smallest absolute Gasteiger partial charge is 0.226 e. The van der Waals surface area contributed by atoms with E-state index < -0.39 is 5.60 Å². The zero-order chi connectivity index (χ0) is 19.1. The van der Waals surface area contributed by atoms with Gasteiger partial charge < -0.3 is 14.9 Å². The minimum atomic E-state index is -0.766. The second kappa shape index (κ2) is 6.85. The zero-order valence-electron chi connectivity index (χ0n) is 16.0. The van der Waals surface area contributed by atoms with Crippen LogP contribution in [0, 0.1) is 5.92 Å². The van der Waals surface area contributed by atoms with Crippen LogP contribution in [0.25, 0.3) is 0 Å². The van der Waals surface area contributed by atoms with Crippen LogP contribution >= 0.6 is 0 Å². The summed E-state index contributed by atoms with van der Waals surface area (Å²) in [5.41, 5.74) is 2.38. The molecule has 1 saturated carbocycles. The van der Waals surface area contributed by atoms with Gasteiger partial charge in [0.25, 0.3) is 0 Å². The fourth-order valence-corrected chi connectivity index (χ4v) is 4.51. The topological polar surface area (TPSA) is 69.6 Å². The van der Waals surface area contributed by atoms with Crippen LogP contribution in [0.2, 0.25) is 0 Å². The fraction of sp³-hybridized carbons (Fsp3) is 0.500. The molecule has 3 heterocycles. The van der Waals surface area contributed by atoms with Crippen molar-refractivity contribution in [3.8, 4) is 0 Å². The van der Waals surface area contributed by atoms with Crippen LogP contribution in [0.1, 0.15) is 42.5 Å². The quantitative estimate of drug-likeness (QED) is 0.887. The summed E-state index contributed by atoms with van der Waals surface area (Å²) in [6, 6.07) is 9.96. The van der Waals surface area contributed by atoms with Gasteiger partial charge in [-0.25, -0.2) is 9.97 Å². The van der Waals surface area contributed by atoms with Gasteiger partial charge in [-0.2, -0.15) is 0 Å². The highest BCUT2D eigenvalue weighted by Gasteiger charge is 2.37. The van der Waals surface area contributed by atoms with E-state index in [2.05, 4.69) is 14.9 Å². The van der Waals surface area contributed by atoms with Crippen molar-refractivity contribution in [3.63, 3.8) is 0 Å². The third kappa shape index (κ3) is 3.15. The van der Waals surface area contributed by atoms with E-state index in [0.29, 0.717) is 19.4 Å². The number of amides is 1. The van der Waals surface area contributed by atoms with E-state index in [0.717, 1.165) is 56.0 Å². The van der Waals surface area contributed by atoms with Crippen molar-refractivity contribution in [1.29, 1.82) is 0 Å². The lowest BCUT2D eigenvalue weighted by Gasteiger charge is -2.40. The number of rotatable bonds is 3. The fourth-order valence-electron chi connectivity index (χ4n) is 4.51. The molecule has 2 aliphatic heterocycles. The van der Waals surface area contributed by atoms with Crippen molar-refractivity contribution >= 4 is 11.7 Å². The normalized spacial score (nSPS) is 21.3. The first-order valence-electron chi connectivity index (χ1n) is 10.3. The molecule has 1 aromatic carbocycles.